The second-order valence-corrected chi connectivity index (χ2v) is 7.69. The van der Waals surface area contributed by atoms with Gasteiger partial charge in [0, 0.05) is 12.5 Å². The Bertz CT molecular complexity index is 474. The van der Waals surface area contributed by atoms with Crippen LogP contribution in [0, 0.1) is 29.6 Å². The fourth-order valence-corrected chi connectivity index (χ4v) is 6.04. The first-order chi connectivity index (χ1) is 10.1. The van der Waals surface area contributed by atoms with Crippen LogP contribution in [-0.2, 0) is 9.59 Å². The maximum absolute atomic E-state index is 13.0. The molecule has 3 saturated carbocycles. The number of nitrogens with zero attached hydrogens (tertiary/aromatic N) is 1. The summed E-state index contributed by atoms with van der Waals surface area (Å²) in [4.78, 5) is 26.6. The Labute approximate surface area is 125 Å². The third kappa shape index (κ3) is 1.68. The lowest BCUT2D eigenvalue weighted by molar-refractivity contribution is -0.158. The van der Waals surface area contributed by atoms with Crippen LogP contribution in [0.1, 0.15) is 51.9 Å². The van der Waals surface area contributed by atoms with E-state index in [1.165, 1.54) is 19.3 Å². The first-order valence-corrected chi connectivity index (χ1v) is 8.65. The van der Waals surface area contributed by atoms with Gasteiger partial charge in [-0.15, -0.1) is 0 Å². The zero-order valence-electron chi connectivity index (χ0n) is 12.8. The van der Waals surface area contributed by atoms with Crippen molar-refractivity contribution in [3.63, 3.8) is 0 Å². The quantitative estimate of drug-likeness (QED) is 0.866. The Kier molecular flexibility index (Phi) is 2.89. The van der Waals surface area contributed by atoms with Gasteiger partial charge in [-0.2, -0.15) is 0 Å². The minimum atomic E-state index is -0.901. The number of hydrogen-bond acceptors (Lipinski definition) is 2. The molecule has 21 heavy (non-hydrogen) atoms. The Morgan fingerprint density at radius 2 is 1.90 bits per heavy atom. The van der Waals surface area contributed by atoms with Gasteiger partial charge in [-0.1, -0.05) is 13.3 Å². The molecule has 1 saturated heterocycles. The molecule has 1 amide bonds. The molecule has 1 heterocycles. The predicted molar refractivity (Wildman–Crippen MR) is 77.5 cm³/mol. The SMILES string of the molecule is CCCC1(C(=O)O)CCCN1C(=O)C1C2C3CCC(C3)C12. The molecule has 4 fully saturated rings. The molecular formula is C17H25NO3. The summed E-state index contributed by atoms with van der Waals surface area (Å²) in [5, 5.41) is 9.74. The van der Waals surface area contributed by atoms with E-state index in [2.05, 4.69) is 0 Å². The van der Waals surface area contributed by atoms with E-state index in [0.717, 1.165) is 24.7 Å². The van der Waals surface area contributed by atoms with Gasteiger partial charge in [-0.05, 0) is 62.2 Å². The molecule has 0 aromatic carbocycles. The van der Waals surface area contributed by atoms with Crippen molar-refractivity contribution in [2.45, 2.75) is 57.4 Å². The summed E-state index contributed by atoms with van der Waals surface area (Å²) in [6.45, 7) is 2.66. The summed E-state index contributed by atoms with van der Waals surface area (Å²) < 4.78 is 0. The van der Waals surface area contributed by atoms with Crippen molar-refractivity contribution >= 4 is 11.9 Å². The number of carbonyl (C=O) groups excluding carboxylic acids is 1. The minimum absolute atomic E-state index is 0.171. The van der Waals surface area contributed by atoms with Crippen LogP contribution in [0.5, 0.6) is 0 Å². The molecular weight excluding hydrogens is 266 g/mol. The van der Waals surface area contributed by atoms with Crippen LogP contribution in [0.15, 0.2) is 0 Å². The number of rotatable bonds is 4. The summed E-state index contributed by atoms with van der Waals surface area (Å²) >= 11 is 0. The van der Waals surface area contributed by atoms with Gasteiger partial charge >= 0.3 is 5.97 Å². The first-order valence-electron chi connectivity index (χ1n) is 8.65. The molecule has 4 nitrogen and oxygen atoms in total. The number of aliphatic carboxylic acids is 1. The maximum atomic E-state index is 13.0. The van der Waals surface area contributed by atoms with Crippen LogP contribution >= 0.6 is 0 Å². The molecule has 5 atom stereocenters. The van der Waals surface area contributed by atoms with Gasteiger partial charge in [0.05, 0.1) is 0 Å². The summed E-state index contributed by atoms with van der Waals surface area (Å²) in [5.41, 5.74) is -0.901. The van der Waals surface area contributed by atoms with Crippen LogP contribution in [0.4, 0.5) is 0 Å². The van der Waals surface area contributed by atoms with Gasteiger partial charge in [-0.25, -0.2) is 4.79 Å². The fourth-order valence-electron chi connectivity index (χ4n) is 6.04. The zero-order valence-corrected chi connectivity index (χ0v) is 12.8. The van der Waals surface area contributed by atoms with E-state index in [1.807, 2.05) is 6.92 Å². The Morgan fingerprint density at radius 1 is 1.24 bits per heavy atom. The lowest BCUT2D eigenvalue weighted by Gasteiger charge is -2.35. The molecule has 0 radical (unpaired) electrons. The average molecular weight is 291 g/mol. The van der Waals surface area contributed by atoms with Gasteiger partial charge in [-0.3, -0.25) is 4.79 Å². The van der Waals surface area contributed by atoms with Gasteiger partial charge in [0.2, 0.25) is 5.91 Å². The number of likely N-dealkylation sites (tertiary alicyclic amines) is 1. The third-order valence-electron chi connectivity index (χ3n) is 6.84. The molecule has 4 aliphatic rings. The molecule has 1 aliphatic heterocycles. The van der Waals surface area contributed by atoms with Crippen molar-refractivity contribution in [3.8, 4) is 0 Å². The van der Waals surface area contributed by atoms with Crippen molar-refractivity contribution in [2.24, 2.45) is 29.6 Å². The Morgan fingerprint density at radius 3 is 2.48 bits per heavy atom. The molecule has 1 N–H and O–H groups in total. The summed E-state index contributed by atoms with van der Waals surface area (Å²) in [5.74, 6) is 2.29. The Balaban J connectivity index is 1.55. The van der Waals surface area contributed by atoms with Crippen molar-refractivity contribution in [2.75, 3.05) is 6.54 Å². The van der Waals surface area contributed by atoms with Crippen molar-refractivity contribution in [3.05, 3.63) is 0 Å². The van der Waals surface area contributed by atoms with Crippen LogP contribution in [0.2, 0.25) is 0 Å². The monoisotopic (exact) mass is 291 g/mol. The van der Waals surface area contributed by atoms with Crippen LogP contribution in [-0.4, -0.2) is 34.0 Å². The highest BCUT2D eigenvalue weighted by molar-refractivity contribution is 5.90. The zero-order chi connectivity index (χ0) is 14.8. The predicted octanol–water partition coefficient (Wildman–Crippen LogP) is 2.52. The topological polar surface area (TPSA) is 57.6 Å². The molecule has 4 rings (SSSR count). The van der Waals surface area contributed by atoms with E-state index in [9.17, 15) is 14.7 Å². The number of carbonyl (C=O) groups is 2. The molecule has 3 aliphatic carbocycles. The molecule has 4 heteroatoms. The highest BCUT2D eigenvalue weighted by atomic mass is 16.4. The summed E-state index contributed by atoms with van der Waals surface area (Å²) in [6, 6.07) is 0. The molecule has 0 spiro atoms. The molecule has 0 aromatic rings. The van der Waals surface area contributed by atoms with E-state index in [0.29, 0.717) is 31.2 Å². The van der Waals surface area contributed by atoms with Gasteiger partial charge in [0.15, 0.2) is 0 Å². The number of amides is 1. The minimum Gasteiger partial charge on any atom is -0.479 e. The van der Waals surface area contributed by atoms with Crippen molar-refractivity contribution in [1.82, 2.24) is 4.90 Å². The summed E-state index contributed by atoms with van der Waals surface area (Å²) in [6.07, 6.45) is 6.83. The maximum Gasteiger partial charge on any atom is 0.329 e. The third-order valence-corrected chi connectivity index (χ3v) is 6.84. The molecule has 5 unspecified atom stereocenters. The average Bonchev–Trinajstić information content (AvgIpc) is 2.82. The molecule has 116 valence electrons. The smallest absolute Gasteiger partial charge is 0.329 e. The van der Waals surface area contributed by atoms with Gasteiger partial charge < -0.3 is 10.0 Å². The van der Waals surface area contributed by atoms with Crippen molar-refractivity contribution in [1.29, 1.82) is 0 Å². The van der Waals surface area contributed by atoms with Crippen molar-refractivity contribution < 1.29 is 14.7 Å². The highest BCUT2D eigenvalue weighted by Gasteiger charge is 2.69. The van der Waals surface area contributed by atoms with E-state index >= 15 is 0 Å². The number of carboxylic acid groups (broad SMARTS) is 1. The number of fused-ring (bicyclic) bond motifs is 5. The molecule has 0 aromatic heterocycles. The van der Waals surface area contributed by atoms with Gasteiger partial charge in [0.1, 0.15) is 5.54 Å². The highest BCUT2D eigenvalue weighted by Crippen LogP contribution is 2.70. The van der Waals surface area contributed by atoms with Gasteiger partial charge in [0.25, 0.3) is 0 Å². The molecule has 2 bridgehead atoms. The largest absolute Gasteiger partial charge is 0.479 e. The lowest BCUT2D eigenvalue weighted by Crippen LogP contribution is -2.53. The Hall–Kier alpha value is -1.06. The van der Waals surface area contributed by atoms with Crippen LogP contribution in [0.3, 0.4) is 0 Å². The first kappa shape index (κ1) is 13.6. The number of carboxylic acids is 1. The van der Waals surface area contributed by atoms with E-state index < -0.39 is 11.5 Å². The van der Waals surface area contributed by atoms with Crippen LogP contribution < -0.4 is 0 Å². The van der Waals surface area contributed by atoms with Crippen LogP contribution in [0.25, 0.3) is 0 Å². The standard InChI is InChI=1S/C17H25NO3/c1-2-6-17(16(20)21)7-3-8-18(17)15(19)14-12-10-4-5-11(9-10)13(12)14/h10-14H,2-9H2,1H3,(H,20,21). The normalized spacial score (nSPS) is 46.7. The van der Waals surface area contributed by atoms with E-state index in [4.69, 9.17) is 0 Å². The van der Waals surface area contributed by atoms with E-state index in [1.54, 1.807) is 4.90 Å². The second kappa shape index (κ2) is 4.47. The second-order valence-electron chi connectivity index (χ2n) is 7.69. The fraction of sp³-hybridized carbons (Fsp3) is 0.882. The lowest BCUT2D eigenvalue weighted by atomic mass is 9.90. The summed E-state index contributed by atoms with van der Waals surface area (Å²) in [7, 11) is 0. The number of hydrogen-bond donors (Lipinski definition) is 1. The van der Waals surface area contributed by atoms with E-state index in [-0.39, 0.29) is 11.8 Å².